The average Bonchev–Trinajstić information content (AvgIpc) is 3.12. The van der Waals surface area contributed by atoms with Crippen LogP contribution in [-0.4, -0.2) is 45.8 Å². The van der Waals surface area contributed by atoms with E-state index < -0.39 is 0 Å². The molecule has 144 valence electrons. The monoisotopic (exact) mass is 370 g/mol. The van der Waals surface area contributed by atoms with Crippen LogP contribution in [0.15, 0.2) is 30.5 Å². The van der Waals surface area contributed by atoms with Crippen LogP contribution in [0, 0.1) is 17.7 Å². The highest BCUT2D eigenvalue weighted by Gasteiger charge is 2.27. The van der Waals surface area contributed by atoms with Crippen molar-refractivity contribution in [1.82, 2.24) is 25.5 Å². The first kappa shape index (κ1) is 17.9. The van der Waals surface area contributed by atoms with Crippen molar-refractivity contribution < 1.29 is 5.82 Å². The Morgan fingerprint density at radius 2 is 2.11 bits per heavy atom. The average molecular weight is 370 g/mol. The number of halogens is 1. The van der Waals surface area contributed by atoms with Crippen molar-refractivity contribution in [3.8, 4) is 11.4 Å². The molecule has 0 amide bonds. The van der Waals surface area contributed by atoms with E-state index in [2.05, 4.69) is 51.2 Å². The zero-order valence-electron chi connectivity index (χ0n) is 15.9. The predicted octanol–water partition coefficient (Wildman–Crippen LogP) is 3.48. The van der Waals surface area contributed by atoms with Gasteiger partial charge in [0.25, 0.3) is 0 Å². The smallest absolute Gasteiger partial charge is 0.181 e. The van der Waals surface area contributed by atoms with Crippen LogP contribution in [0.5, 0.6) is 0 Å². The number of pyridine rings is 2. The van der Waals surface area contributed by atoms with Gasteiger partial charge in [0.15, 0.2) is 11.5 Å². The summed E-state index contributed by atoms with van der Waals surface area (Å²) in [7, 11) is 0. The Morgan fingerprint density at radius 3 is 2.93 bits per heavy atom. The van der Waals surface area contributed by atoms with E-state index in [9.17, 15) is 4.39 Å². The van der Waals surface area contributed by atoms with Crippen LogP contribution >= 0.6 is 0 Å². The molecule has 27 heavy (non-hydrogen) atoms. The van der Waals surface area contributed by atoms with Gasteiger partial charge in [0.1, 0.15) is 11.5 Å². The number of hydrogen-bond donors (Lipinski definition) is 2. The molecule has 2 unspecified atom stereocenters. The third kappa shape index (κ3) is 3.39. The molecular weight excluding hydrogens is 343 g/mol. The Kier molecular flexibility index (Phi) is 4.78. The van der Waals surface area contributed by atoms with Gasteiger partial charge in [0.2, 0.25) is 0 Å². The van der Waals surface area contributed by atoms with Crippen LogP contribution in [0.1, 0.15) is 22.2 Å². The number of aromatic amines is 1. The molecule has 3 aromatic heterocycles. The molecule has 0 aromatic carbocycles. The zero-order valence-corrected chi connectivity index (χ0v) is 15.9. The second-order valence-corrected chi connectivity index (χ2v) is 7.58. The summed E-state index contributed by atoms with van der Waals surface area (Å²) in [5.74, 6) is 1.58. The number of anilines is 1. The maximum atomic E-state index is 14.6. The first-order valence-corrected chi connectivity index (χ1v) is 9.49. The summed E-state index contributed by atoms with van der Waals surface area (Å²) < 4.78 is 14.6. The Bertz CT molecular complexity index is 943. The molecule has 1 aliphatic heterocycles. The van der Waals surface area contributed by atoms with Gasteiger partial charge in [-0.1, -0.05) is 20.8 Å². The van der Waals surface area contributed by atoms with Crippen LogP contribution in [0.3, 0.4) is 0 Å². The molecule has 1 saturated heterocycles. The van der Waals surface area contributed by atoms with Crippen molar-refractivity contribution in [2.75, 3.05) is 24.5 Å². The van der Waals surface area contributed by atoms with Gasteiger partial charge < -0.3 is 10.2 Å². The Balaban J connectivity index is 0.00000225. The number of aromatic nitrogens is 4. The SMILES string of the molecule is CC(C)C(C)C1CN(c2ccc(F)c(-c3[nH]nc4ncccc34)n2)CCN1.[HH]. The largest absolute Gasteiger partial charge is 0.354 e. The molecule has 3 aromatic rings. The van der Waals surface area contributed by atoms with E-state index in [1.165, 1.54) is 6.07 Å². The second kappa shape index (κ2) is 7.23. The minimum Gasteiger partial charge on any atom is -0.354 e. The molecule has 0 radical (unpaired) electrons. The molecule has 4 heterocycles. The summed E-state index contributed by atoms with van der Waals surface area (Å²) >= 11 is 0. The normalized spacial score (nSPS) is 19.0. The van der Waals surface area contributed by atoms with Gasteiger partial charge in [0, 0.05) is 38.7 Å². The van der Waals surface area contributed by atoms with E-state index in [1.54, 1.807) is 12.3 Å². The standard InChI is InChI=1S/C20H25FN6.H2/c1-12(2)13(3)16-11-27(10-9-22-16)17-7-6-15(21)19(24-17)18-14-5-4-8-23-20(14)26-25-18;/h4-8,12-13,16,22H,9-11H2,1-3H3,(H,23,25,26);1H. The first-order chi connectivity index (χ1) is 13.0. The van der Waals surface area contributed by atoms with Gasteiger partial charge in [-0.05, 0) is 36.1 Å². The molecule has 0 aliphatic carbocycles. The van der Waals surface area contributed by atoms with Gasteiger partial charge in [-0.15, -0.1) is 0 Å². The van der Waals surface area contributed by atoms with Crippen LogP contribution in [0.4, 0.5) is 10.2 Å². The molecule has 0 spiro atoms. The number of rotatable bonds is 4. The van der Waals surface area contributed by atoms with Crippen LogP contribution in [0.2, 0.25) is 0 Å². The lowest BCUT2D eigenvalue weighted by molar-refractivity contribution is 0.283. The van der Waals surface area contributed by atoms with E-state index in [0.29, 0.717) is 29.2 Å². The zero-order chi connectivity index (χ0) is 19.0. The Labute approximate surface area is 159 Å². The number of H-pyrrole nitrogens is 1. The van der Waals surface area contributed by atoms with Crippen LogP contribution in [-0.2, 0) is 0 Å². The number of nitrogens with one attached hydrogen (secondary N) is 2. The van der Waals surface area contributed by atoms with Crippen molar-refractivity contribution in [3.05, 3.63) is 36.3 Å². The van der Waals surface area contributed by atoms with Gasteiger partial charge in [0.05, 0.1) is 5.69 Å². The van der Waals surface area contributed by atoms with Crippen molar-refractivity contribution >= 4 is 16.9 Å². The first-order valence-electron chi connectivity index (χ1n) is 9.49. The molecule has 1 aliphatic rings. The highest BCUT2D eigenvalue weighted by atomic mass is 19.1. The highest BCUT2D eigenvalue weighted by Crippen LogP contribution is 2.28. The third-order valence-corrected chi connectivity index (χ3v) is 5.61. The molecule has 0 saturated carbocycles. The third-order valence-electron chi connectivity index (χ3n) is 5.61. The van der Waals surface area contributed by atoms with Crippen LogP contribution in [0.25, 0.3) is 22.4 Å². The minimum absolute atomic E-state index is 0. The fraction of sp³-hybridized carbons (Fsp3) is 0.450. The van der Waals surface area contributed by atoms with Crippen LogP contribution < -0.4 is 10.2 Å². The molecule has 4 rings (SSSR count). The minimum atomic E-state index is -0.365. The van der Waals surface area contributed by atoms with Crippen molar-refractivity contribution in [2.24, 2.45) is 11.8 Å². The van der Waals surface area contributed by atoms with E-state index in [1.807, 2.05) is 12.1 Å². The van der Waals surface area contributed by atoms with E-state index in [4.69, 9.17) is 0 Å². The van der Waals surface area contributed by atoms with Gasteiger partial charge in [-0.3, -0.25) is 5.10 Å². The molecule has 2 N–H and O–H groups in total. The van der Waals surface area contributed by atoms with Gasteiger partial charge in [-0.2, -0.15) is 5.10 Å². The van der Waals surface area contributed by atoms with Crippen molar-refractivity contribution in [3.63, 3.8) is 0 Å². The predicted molar refractivity (Wildman–Crippen MR) is 107 cm³/mol. The maximum Gasteiger partial charge on any atom is 0.181 e. The topological polar surface area (TPSA) is 69.7 Å². The van der Waals surface area contributed by atoms with Crippen molar-refractivity contribution in [2.45, 2.75) is 26.8 Å². The van der Waals surface area contributed by atoms with Gasteiger partial charge >= 0.3 is 0 Å². The molecule has 1 fully saturated rings. The number of fused-ring (bicyclic) bond motifs is 1. The van der Waals surface area contributed by atoms with E-state index in [0.717, 1.165) is 30.8 Å². The fourth-order valence-electron chi connectivity index (χ4n) is 3.62. The maximum absolute atomic E-state index is 14.6. The Morgan fingerprint density at radius 1 is 1.26 bits per heavy atom. The second-order valence-electron chi connectivity index (χ2n) is 7.58. The van der Waals surface area contributed by atoms with E-state index >= 15 is 0 Å². The summed E-state index contributed by atoms with van der Waals surface area (Å²) in [4.78, 5) is 11.1. The lowest BCUT2D eigenvalue weighted by Gasteiger charge is -2.38. The number of piperazine rings is 1. The Hall–Kier alpha value is -2.54. The number of hydrogen-bond acceptors (Lipinski definition) is 5. The molecule has 2 atom stereocenters. The summed E-state index contributed by atoms with van der Waals surface area (Å²) in [6.07, 6.45) is 1.67. The summed E-state index contributed by atoms with van der Waals surface area (Å²) in [6.45, 7) is 9.38. The van der Waals surface area contributed by atoms with E-state index in [-0.39, 0.29) is 12.9 Å². The molecular formula is C20H27FN6. The summed E-state index contributed by atoms with van der Waals surface area (Å²) in [5, 5.41) is 11.4. The lowest BCUT2D eigenvalue weighted by Crippen LogP contribution is -2.54. The van der Waals surface area contributed by atoms with Gasteiger partial charge in [-0.25, -0.2) is 14.4 Å². The highest BCUT2D eigenvalue weighted by molar-refractivity contribution is 5.89. The summed E-state index contributed by atoms with van der Waals surface area (Å²) in [5.41, 5.74) is 1.42. The quantitative estimate of drug-likeness (QED) is 0.736. The van der Waals surface area contributed by atoms with Crippen molar-refractivity contribution in [1.29, 1.82) is 0 Å². The molecule has 6 nitrogen and oxygen atoms in total. The molecule has 7 heteroatoms. The molecule has 0 bridgehead atoms. The summed E-state index contributed by atoms with van der Waals surface area (Å²) in [6, 6.07) is 7.34. The number of nitrogens with zero attached hydrogens (tertiary/aromatic N) is 4. The fourth-order valence-corrected chi connectivity index (χ4v) is 3.62. The lowest BCUT2D eigenvalue weighted by atomic mass is 9.89.